The predicted octanol–water partition coefficient (Wildman–Crippen LogP) is 8.27. The van der Waals surface area contributed by atoms with Gasteiger partial charge >= 0.3 is 0 Å². The van der Waals surface area contributed by atoms with Crippen LogP contribution in [0.5, 0.6) is 5.75 Å². The van der Waals surface area contributed by atoms with Crippen molar-refractivity contribution >= 4 is 0 Å². The van der Waals surface area contributed by atoms with E-state index in [4.69, 9.17) is 4.74 Å². The zero-order valence-electron chi connectivity index (χ0n) is 18.2. The summed E-state index contributed by atoms with van der Waals surface area (Å²) in [6.45, 7) is 10.7. The third-order valence-corrected chi connectivity index (χ3v) is 5.55. The van der Waals surface area contributed by atoms with Crippen molar-refractivity contribution < 1.29 is 13.5 Å². The predicted molar refractivity (Wildman–Crippen MR) is 116 cm³/mol. The van der Waals surface area contributed by atoms with E-state index < -0.39 is 11.6 Å². The van der Waals surface area contributed by atoms with Crippen LogP contribution in [0, 0.1) is 23.5 Å². The monoisotopic (exact) mass is 394 g/mol. The zero-order chi connectivity index (χ0) is 20.8. The van der Waals surface area contributed by atoms with Gasteiger partial charge in [-0.05, 0) is 42.7 Å². The van der Waals surface area contributed by atoms with E-state index in [0.717, 1.165) is 18.8 Å². The average Bonchev–Trinajstić information content (AvgIpc) is 2.67. The second-order valence-electron chi connectivity index (χ2n) is 8.15. The highest BCUT2D eigenvalue weighted by molar-refractivity contribution is 5.31. The van der Waals surface area contributed by atoms with E-state index in [9.17, 15) is 8.78 Å². The van der Waals surface area contributed by atoms with E-state index in [1.54, 1.807) is 18.2 Å². The molecule has 0 fully saturated rings. The fourth-order valence-corrected chi connectivity index (χ4v) is 3.94. The van der Waals surface area contributed by atoms with Crippen molar-refractivity contribution in [3.63, 3.8) is 0 Å². The first-order valence-corrected chi connectivity index (χ1v) is 11.2. The van der Waals surface area contributed by atoms with E-state index in [-0.39, 0.29) is 5.75 Å². The maximum absolute atomic E-state index is 14.3. The van der Waals surface area contributed by atoms with E-state index in [1.165, 1.54) is 44.9 Å². The van der Waals surface area contributed by atoms with Crippen LogP contribution in [0.3, 0.4) is 0 Å². The van der Waals surface area contributed by atoms with Gasteiger partial charge in [0.15, 0.2) is 11.6 Å². The molecule has 0 saturated carbocycles. The van der Waals surface area contributed by atoms with Crippen LogP contribution < -0.4 is 4.74 Å². The topological polar surface area (TPSA) is 9.23 Å². The molecule has 0 radical (unpaired) electrons. The molecule has 2 atom stereocenters. The van der Waals surface area contributed by atoms with Gasteiger partial charge in [-0.2, -0.15) is 4.39 Å². The Morgan fingerprint density at radius 2 is 1.68 bits per heavy atom. The van der Waals surface area contributed by atoms with Gasteiger partial charge < -0.3 is 4.74 Å². The summed E-state index contributed by atoms with van der Waals surface area (Å²) < 4.78 is 33.8. The molecule has 2 unspecified atom stereocenters. The molecule has 3 heteroatoms. The summed E-state index contributed by atoms with van der Waals surface area (Å²) >= 11 is 0. The zero-order valence-corrected chi connectivity index (χ0v) is 18.2. The SMILES string of the molecule is C=CCCOc1ccc(CCCC(CCC)CCCC(C)CCC)c(F)c1F. The second kappa shape index (κ2) is 14.6. The Morgan fingerprint density at radius 1 is 0.964 bits per heavy atom. The summed E-state index contributed by atoms with van der Waals surface area (Å²) in [7, 11) is 0. The minimum absolute atomic E-state index is 0.00633. The van der Waals surface area contributed by atoms with E-state index >= 15 is 0 Å². The lowest BCUT2D eigenvalue weighted by Gasteiger charge is -2.18. The quantitative estimate of drug-likeness (QED) is 0.202. The van der Waals surface area contributed by atoms with Crippen LogP contribution in [0.1, 0.15) is 90.5 Å². The maximum Gasteiger partial charge on any atom is 0.200 e. The highest BCUT2D eigenvalue weighted by Gasteiger charge is 2.15. The van der Waals surface area contributed by atoms with Gasteiger partial charge in [-0.25, -0.2) is 4.39 Å². The summed E-state index contributed by atoms with van der Waals surface area (Å²) in [5.41, 5.74) is 0.459. The molecule has 160 valence electrons. The Hall–Kier alpha value is -1.38. The first-order chi connectivity index (χ1) is 13.5. The standard InChI is InChI=1S/C25H40F2O/c1-5-8-19-28-23-18-17-22(24(26)25(23)27)16-10-15-21(12-7-3)14-9-13-20(4)11-6-2/h5,17-18,20-21H,1,6-16,19H2,2-4H3. The minimum atomic E-state index is -0.864. The molecular weight excluding hydrogens is 354 g/mol. The van der Waals surface area contributed by atoms with Crippen LogP contribution in [0.15, 0.2) is 24.8 Å². The number of hydrogen-bond acceptors (Lipinski definition) is 1. The number of benzene rings is 1. The van der Waals surface area contributed by atoms with Crippen LogP contribution in [0.25, 0.3) is 0 Å². The first kappa shape index (κ1) is 24.7. The Morgan fingerprint density at radius 3 is 2.36 bits per heavy atom. The number of aryl methyl sites for hydroxylation is 1. The van der Waals surface area contributed by atoms with Crippen molar-refractivity contribution in [2.75, 3.05) is 6.61 Å². The van der Waals surface area contributed by atoms with Gasteiger partial charge in [0.05, 0.1) is 6.61 Å². The van der Waals surface area contributed by atoms with Crippen molar-refractivity contribution in [3.05, 3.63) is 42.0 Å². The Bertz CT molecular complexity index is 556. The Balaban J connectivity index is 2.47. The third kappa shape index (κ3) is 9.21. The molecule has 1 rings (SSSR count). The van der Waals surface area contributed by atoms with Gasteiger partial charge in [0.25, 0.3) is 0 Å². The molecule has 1 aromatic carbocycles. The smallest absolute Gasteiger partial charge is 0.200 e. The summed E-state index contributed by atoms with van der Waals surface area (Å²) in [5, 5.41) is 0. The van der Waals surface area contributed by atoms with Crippen molar-refractivity contribution in [1.29, 1.82) is 0 Å². The minimum Gasteiger partial charge on any atom is -0.490 e. The fourth-order valence-electron chi connectivity index (χ4n) is 3.94. The molecule has 1 aromatic rings. The maximum atomic E-state index is 14.3. The second-order valence-corrected chi connectivity index (χ2v) is 8.15. The lowest BCUT2D eigenvalue weighted by molar-refractivity contribution is 0.300. The highest BCUT2D eigenvalue weighted by atomic mass is 19.2. The summed E-state index contributed by atoms with van der Waals surface area (Å²) in [6, 6.07) is 3.22. The van der Waals surface area contributed by atoms with Crippen LogP contribution >= 0.6 is 0 Å². The molecule has 28 heavy (non-hydrogen) atoms. The summed E-state index contributed by atoms with van der Waals surface area (Å²) in [6.07, 6.45) is 13.7. The highest BCUT2D eigenvalue weighted by Crippen LogP contribution is 2.27. The van der Waals surface area contributed by atoms with Gasteiger partial charge in [-0.3, -0.25) is 0 Å². The molecule has 1 nitrogen and oxygen atoms in total. The molecule has 0 aliphatic heterocycles. The van der Waals surface area contributed by atoms with Crippen LogP contribution in [0.4, 0.5) is 8.78 Å². The summed E-state index contributed by atoms with van der Waals surface area (Å²) in [5.74, 6) is -0.105. The van der Waals surface area contributed by atoms with Crippen LogP contribution in [-0.4, -0.2) is 6.61 Å². The van der Waals surface area contributed by atoms with Gasteiger partial charge in [0.2, 0.25) is 5.82 Å². The van der Waals surface area contributed by atoms with Crippen molar-refractivity contribution in [2.24, 2.45) is 11.8 Å². The molecule has 0 heterocycles. The molecule has 0 aliphatic carbocycles. The van der Waals surface area contributed by atoms with Crippen LogP contribution in [0.2, 0.25) is 0 Å². The van der Waals surface area contributed by atoms with Gasteiger partial charge in [0.1, 0.15) is 0 Å². The molecule has 0 aromatic heterocycles. The summed E-state index contributed by atoms with van der Waals surface area (Å²) in [4.78, 5) is 0. The van der Waals surface area contributed by atoms with Gasteiger partial charge in [0, 0.05) is 0 Å². The number of ether oxygens (including phenoxy) is 1. The number of hydrogen-bond donors (Lipinski definition) is 0. The fraction of sp³-hybridized carbons (Fsp3) is 0.680. The van der Waals surface area contributed by atoms with E-state index in [0.29, 0.717) is 30.9 Å². The number of rotatable bonds is 16. The molecule has 0 bridgehead atoms. The largest absolute Gasteiger partial charge is 0.490 e. The van der Waals surface area contributed by atoms with Crippen molar-refractivity contribution in [1.82, 2.24) is 0 Å². The molecular formula is C25H40F2O. The van der Waals surface area contributed by atoms with Crippen molar-refractivity contribution in [2.45, 2.75) is 91.4 Å². The van der Waals surface area contributed by atoms with E-state index in [2.05, 4.69) is 27.4 Å². The lowest BCUT2D eigenvalue weighted by atomic mass is 9.89. The molecule has 0 N–H and O–H groups in total. The molecule has 0 aliphatic rings. The molecule has 0 amide bonds. The normalized spacial score (nSPS) is 13.3. The van der Waals surface area contributed by atoms with Gasteiger partial charge in [-0.15, -0.1) is 6.58 Å². The van der Waals surface area contributed by atoms with Gasteiger partial charge in [-0.1, -0.05) is 84.3 Å². The lowest BCUT2D eigenvalue weighted by Crippen LogP contribution is -2.05. The number of halogens is 2. The Labute approximate surface area is 171 Å². The third-order valence-electron chi connectivity index (χ3n) is 5.55. The first-order valence-electron chi connectivity index (χ1n) is 11.2. The van der Waals surface area contributed by atoms with Crippen LogP contribution in [-0.2, 0) is 6.42 Å². The average molecular weight is 395 g/mol. The molecule has 0 saturated heterocycles. The van der Waals surface area contributed by atoms with E-state index in [1.807, 2.05) is 0 Å². The Kier molecular flexibility index (Phi) is 12.9. The van der Waals surface area contributed by atoms with Crippen molar-refractivity contribution in [3.8, 4) is 5.75 Å². The molecule has 0 spiro atoms.